The minimum atomic E-state index is -0.541. The van der Waals surface area contributed by atoms with E-state index in [-0.39, 0.29) is 24.0 Å². The van der Waals surface area contributed by atoms with E-state index in [2.05, 4.69) is 5.32 Å². The molecular weight excluding hydrogens is 360 g/mol. The number of ether oxygens (including phenoxy) is 2. The van der Waals surface area contributed by atoms with Crippen molar-refractivity contribution in [3.05, 3.63) is 82.9 Å². The zero-order valence-electron chi connectivity index (χ0n) is 15.1. The van der Waals surface area contributed by atoms with Gasteiger partial charge in [-0.1, -0.05) is 42.5 Å². The van der Waals surface area contributed by atoms with Crippen LogP contribution in [-0.2, 0) is 4.79 Å². The summed E-state index contributed by atoms with van der Waals surface area (Å²) in [5.41, 5.74) is 2.60. The van der Waals surface area contributed by atoms with Crippen molar-refractivity contribution in [2.24, 2.45) is 0 Å². The number of methoxy groups -OCH3 is 1. The van der Waals surface area contributed by atoms with Crippen molar-refractivity contribution in [3.63, 3.8) is 0 Å². The first-order valence-corrected chi connectivity index (χ1v) is 8.47. The van der Waals surface area contributed by atoms with E-state index in [1.54, 1.807) is 12.1 Å². The molecular formula is C21H18N2O5. The van der Waals surface area contributed by atoms with Crippen LogP contribution in [0.5, 0.6) is 11.5 Å². The number of nitro groups is 1. The standard InChI is InChI=1S/C21H18N2O5/c1-27-19-12-11-18(23(25)26)13-20(19)28-14-21(24)22-17-9-7-16(8-10-17)15-5-3-2-4-6-15/h2-13H,14H2,1H3,(H,22,24). The van der Waals surface area contributed by atoms with Crippen molar-refractivity contribution in [2.45, 2.75) is 0 Å². The summed E-state index contributed by atoms with van der Waals surface area (Å²) in [6.07, 6.45) is 0. The highest BCUT2D eigenvalue weighted by Crippen LogP contribution is 2.31. The molecule has 0 aliphatic rings. The van der Waals surface area contributed by atoms with Crippen molar-refractivity contribution >= 4 is 17.3 Å². The minimum absolute atomic E-state index is 0.131. The number of hydrogen-bond donors (Lipinski definition) is 1. The second-order valence-electron chi connectivity index (χ2n) is 5.87. The van der Waals surface area contributed by atoms with Gasteiger partial charge in [-0.3, -0.25) is 14.9 Å². The average Bonchev–Trinajstić information content (AvgIpc) is 2.73. The fourth-order valence-corrected chi connectivity index (χ4v) is 2.61. The Morgan fingerprint density at radius 1 is 0.964 bits per heavy atom. The van der Waals surface area contributed by atoms with Crippen molar-refractivity contribution in [2.75, 3.05) is 19.0 Å². The highest BCUT2D eigenvalue weighted by molar-refractivity contribution is 5.92. The maximum Gasteiger partial charge on any atom is 0.273 e. The first-order valence-electron chi connectivity index (χ1n) is 8.47. The summed E-state index contributed by atoms with van der Waals surface area (Å²) >= 11 is 0. The number of carbonyl (C=O) groups is 1. The van der Waals surface area contributed by atoms with Gasteiger partial charge in [0.2, 0.25) is 0 Å². The Kier molecular flexibility index (Phi) is 5.86. The number of nitrogens with one attached hydrogen (secondary N) is 1. The molecule has 0 saturated heterocycles. The Morgan fingerprint density at radius 3 is 2.29 bits per heavy atom. The second-order valence-corrected chi connectivity index (χ2v) is 5.87. The van der Waals surface area contributed by atoms with Crippen LogP contribution in [0.25, 0.3) is 11.1 Å². The maximum absolute atomic E-state index is 12.1. The van der Waals surface area contributed by atoms with Gasteiger partial charge in [-0.25, -0.2) is 0 Å². The van der Waals surface area contributed by atoms with Gasteiger partial charge >= 0.3 is 0 Å². The lowest BCUT2D eigenvalue weighted by Crippen LogP contribution is -2.20. The SMILES string of the molecule is COc1ccc([N+](=O)[O-])cc1OCC(=O)Nc1ccc(-c2ccccc2)cc1. The number of carbonyl (C=O) groups excluding carboxylic acids is 1. The van der Waals surface area contributed by atoms with Crippen LogP contribution in [0.15, 0.2) is 72.8 Å². The molecule has 0 atom stereocenters. The zero-order chi connectivity index (χ0) is 19.9. The number of amides is 1. The molecule has 0 aliphatic heterocycles. The monoisotopic (exact) mass is 378 g/mol. The Morgan fingerprint density at radius 2 is 1.64 bits per heavy atom. The number of rotatable bonds is 7. The van der Waals surface area contributed by atoms with Crippen LogP contribution in [0, 0.1) is 10.1 Å². The Labute approximate surface area is 161 Å². The molecule has 7 nitrogen and oxygen atoms in total. The van der Waals surface area contributed by atoms with Crippen LogP contribution in [0.4, 0.5) is 11.4 Å². The lowest BCUT2D eigenvalue weighted by molar-refractivity contribution is -0.385. The molecule has 0 bridgehead atoms. The summed E-state index contributed by atoms with van der Waals surface area (Å²) in [6.45, 7) is -0.308. The van der Waals surface area contributed by atoms with Gasteiger partial charge in [0, 0.05) is 11.8 Å². The smallest absolute Gasteiger partial charge is 0.273 e. The summed E-state index contributed by atoms with van der Waals surface area (Å²) in [4.78, 5) is 22.5. The predicted molar refractivity (Wildman–Crippen MR) is 106 cm³/mol. The fourth-order valence-electron chi connectivity index (χ4n) is 2.61. The number of non-ortho nitro benzene ring substituents is 1. The number of nitrogens with zero attached hydrogens (tertiary/aromatic N) is 1. The maximum atomic E-state index is 12.1. The van der Waals surface area contributed by atoms with E-state index in [1.165, 1.54) is 25.3 Å². The molecule has 0 aromatic heterocycles. The third-order valence-electron chi connectivity index (χ3n) is 3.99. The summed E-state index contributed by atoms with van der Waals surface area (Å²) in [5.74, 6) is 0.0536. The van der Waals surface area contributed by atoms with Crippen molar-refractivity contribution in [1.29, 1.82) is 0 Å². The van der Waals surface area contributed by atoms with Crippen molar-refractivity contribution in [3.8, 4) is 22.6 Å². The van der Waals surface area contributed by atoms with Gasteiger partial charge in [0.25, 0.3) is 11.6 Å². The zero-order valence-corrected chi connectivity index (χ0v) is 15.1. The second kappa shape index (κ2) is 8.68. The first kappa shape index (κ1) is 18.9. The van der Waals surface area contributed by atoms with Crippen molar-refractivity contribution in [1.82, 2.24) is 0 Å². The molecule has 3 aromatic carbocycles. The average molecular weight is 378 g/mol. The summed E-state index contributed by atoms with van der Waals surface area (Å²) in [7, 11) is 1.42. The number of anilines is 1. The largest absolute Gasteiger partial charge is 0.493 e. The lowest BCUT2D eigenvalue weighted by atomic mass is 10.1. The molecule has 1 amide bonds. The van der Waals surface area contributed by atoms with Crippen LogP contribution in [0.1, 0.15) is 0 Å². The summed E-state index contributed by atoms with van der Waals surface area (Å²) in [5, 5.41) is 13.6. The fraction of sp³-hybridized carbons (Fsp3) is 0.0952. The predicted octanol–water partition coefficient (Wildman–Crippen LogP) is 4.29. The van der Waals surface area contributed by atoms with E-state index in [9.17, 15) is 14.9 Å². The molecule has 3 aromatic rings. The van der Waals surface area contributed by atoms with Crippen LogP contribution in [0.3, 0.4) is 0 Å². The molecule has 1 N–H and O–H groups in total. The summed E-state index contributed by atoms with van der Waals surface area (Å²) in [6, 6.07) is 21.3. The molecule has 0 aliphatic carbocycles. The van der Waals surface area contributed by atoms with E-state index in [0.717, 1.165) is 11.1 Å². The summed E-state index contributed by atoms with van der Waals surface area (Å²) < 4.78 is 10.5. The minimum Gasteiger partial charge on any atom is -0.493 e. The molecule has 3 rings (SSSR count). The molecule has 142 valence electrons. The van der Waals surface area contributed by atoms with E-state index in [4.69, 9.17) is 9.47 Å². The third kappa shape index (κ3) is 4.64. The molecule has 0 heterocycles. The Balaban J connectivity index is 1.62. The van der Waals surface area contributed by atoms with Gasteiger partial charge in [0.15, 0.2) is 18.1 Å². The highest BCUT2D eigenvalue weighted by Gasteiger charge is 2.14. The molecule has 7 heteroatoms. The van der Waals surface area contributed by atoms with Crippen LogP contribution >= 0.6 is 0 Å². The molecule has 0 radical (unpaired) electrons. The van der Waals surface area contributed by atoms with Gasteiger partial charge in [-0.2, -0.15) is 0 Å². The third-order valence-corrected chi connectivity index (χ3v) is 3.99. The number of nitro benzene ring substituents is 1. The lowest BCUT2D eigenvalue weighted by Gasteiger charge is -2.11. The van der Waals surface area contributed by atoms with E-state index in [0.29, 0.717) is 11.4 Å². The molecule has 0 saturated carbocycles. The van der Waals surface area contributed by atoms with Crippen molar-refractivity contribution < 1.29 is 19.2 Å². The normalized spacial score (nSPS) is 10.2. The topological polar surface area (TPSA) is 90.7 Å². The van der Waals surface area contributed by atoms with E-state index < -0.39 is 4.92 Å². The van der Waals surface area contributed by atoms with Gasteiger partial charge in [0.05, 0.1) is 18.1 Å². The first-order chi connectivity index (χ1) is 13.6. The quantitative estimate of drug-likeness (QED) is 0.489. The van der Waals surface area contributed by atoms with Gasteiger partial charge in [-0.15, -0.1) is 0 Å². The van der Waals surface area contributed by atoms with Crippen LogP contribution < -0.4 is 14.8 Å². The van der Waals surface area contributed by atoms with E-state index >= 15 is 0 Å². The highest BCUT2D eigenvalue weighted by atomic mass is 16.6. The molecule has 0 spiro atoms. The van der Waals surface area contributed by atoms with Gasteiger partial charge in [0.1, 0.15) is 0 Å². The van der Waals surface area contributed by atoms with Crippen LogP contribution in [0.2, 0.25) is 0 Å². The number of benzene rings is 3. The Hall–Kier alpha value is -3.87. The molecule has 28 heavy (non-hydrogen) atoms. The Bertz CT molecular complexity index is 972. The van der Waals surface area contributed by atoms with Gasteiger partial charge in [-0.05, 0) is 29.3 Å². The molecule has 0 unspecified atom stereocenters. The van der Waals surface area contributed by atoms with Gasteiger partial charge < -0.3 is 14.8 Å². The van der Waals surface area contributed by atoms with Crippen LogP contribution in [-0.4, -0.2) is 24.5 Å². The number of hydrogen-bond acceptors (Lipinski definition) is 5. The molecule has 0 fully saturated rings. The van der Waals surface area contributed by atoms with E-state index in [1.807, 2.05) is 42.5 Å².